The molecule has 0 spiro atoms. The lowest BCUT2D eigenvalue weighted by molar-refractivity contribution is 0.797. The highest BCUT2D eigenvalue weighted by molar-refractivity contribution is 7.99. The normalized spacial score (nSPS) is 12.8. The average Bonchev–Trinajstić information content (AvgIpc) is 2.19. The highest BCUT2D eigenvalue weighted by Gasteiger charge is 2.05. The van der Waals surface area contributed by atoms with Crippen molar-refractivity contribution in [1.82, 2.24) is 0 Å². The fraction of sp³-hybridized carbons (Fsp3) is 0.500. The van der Waals surface area contributed by atoms with Crippen LogP contribution in [-0.4, -0.2) is 5.75 Å². The van der Waals surface area contributed by atoms with Crippen LogP contribution < -0.4 is 5.73 Å². The lowest BCUT2D eigenvalue weighted by atomic mass is 10.1. The van der Waals surface area contributed by atoms with Crippen LogP contribution in [0.1, 0.15) is 38.3 Å². The summed E-state index contributed by atoms with van der Waals surface area (Å²) in [5.41, 5.74) is 7.18. The summed E-state index contributed by atoms with van der Waals surface area (Å²) in [5, 5.41) is 0. The first kappa shape index (κ1) is 11.6. The van der Waals surface area contributed by atoms with Crippen LogP contribution in [0.2, 0.25) is 0 Å². The maximum atomic E-state index is 5.91. The fourth-order valence-corrected chi connectivity index (χ4v) is 2.56. The standard InChI is InChI=1S/C12H19NS/c1-3-4-9-14-12-8-6-5-7-11(12)10(2)13/h5-8,10H,3-4,9,13H2,1-2H3/t10-/m0/s1. The van der Waals surface area contributed by atoms with E-state index in [9.17, 15) is 0 Å². The number of rotatable bonds is 5. The fourth-order valence-electron chi connectivity index (χ4n) is 1.31. The van der Waals surface area contributed by atoms with E-state index in [1.165, 1.54) is 29.1 Å². The number of benzene rings is 1. The lowest BCUT2D eigenvalue weighted by Crippen LogP contribution is -2.06. The van der Waals surface area contributed by atoms with Crippen molar-refractivity contribution < 1.29 is 0 Å². The van der Waals surface area contributed by atoms with E-state index in [0.29, 0.717) is 0 Å². The Balaban J connectivity index is 2.64. The van der Waals surface area contributed by atoms with Crippen molar-refractivity contribution in [3.05, 3.63) is 29.8 Å². The van der Waals surface area contributed by atoms with Gasteiger partial charge < -0.3 is 5.73 Å². The number of nitrogens with two attached hydrogens (primary N) is 1. The maximum Gasteiger partial charge on any atom is 0.0277 e. The van der Waals surface area contributed by atoms with Crippen LogP contribution in [0.15, 0.2) is 29.2 Å². The molecule has 0 fully saturated rings. The third-order valence-electron chi connectivity index (χ3n) is 2.17. The van der Waals surface area contributed by atoms with Gasteiger partial charge in [0.05, 0.1) is 0 Å². The minimum Gasteiger partial charge on any atom is -0.324 e. The molecular formula is C12H19NS. The predicted octanol–water partition coefficient (Wildman–Crippen LogP) is 3.60. The van der Waals surface area contributed by atoms with E-state index in [0.717, 1.165) is 0 Å². The van der Waals surface area contributed by atoms with E-state index in [-0.39, 0.29) is 6.04 Å². The quantitative estimate of drug-likeness (QED) is 0.592. The Kier molecular flexibility index (Phi) is 5.05. The Bertz CT molecular complexity index is 271. The summed E-state index contributed by atoms with van der Waals surface area (Å²) in [6, 6.07) is 8.57. The van der Waals surface area contributed by atoms with Crippen LogP contribution in [0.4, 0.5) is 0 Å². The maximum absolute atomic E-state index is 5.91. The second-order valence-corrected chi connectivity index (χ2v) is 4.67. The molecule has 14 heavy (non-hydrogen) atoms. The van der Waals surface area contributed by atoms with Crippen molar-refractivity contribution in [2.45, 2.75) is 37.6 Å². The van der Waals surface area contributed by atoms with E-state index in [1.54, 1.807) is 0 Å². The van der Waals surface area contributed by atoms with E-state index in [2.05, 4.69) is 31.2 Å². The lowest BCUT2D eigenvalue weighted by Gasteiger charge is -2.11. The summed E-state index contributed by atoms with van der Waals surface area (Å²) in [6.07, 6.45) is 2.53. The SMILES string of the molecule is CCCCSc1ccccc1[C@H](C)N. The van der Waals surface area contributed by atoms with Crippen molar-refractivity contribution in [3.63, 3.8) is 0 Å². The summed E-state index contributed by atoms with van der Waals surface area (Å²) >= 11 is 1.92. The van der Waals surface area contributed by atoms with Crippen LogP contribution in [0.5, 0.6) is 0 Å². The molecule has 0 saturated heterocycles. The highest BCUT2D eigenvalue weighted by Crippen LogP contribution is 2.26. The monoisotopic (exact) mass is 209 g/mol. The Hall–Kier alpha value is -0.470. The minimum absolute atomic E-state index is 0.139. The smallest absolute Gasteiger partial charge is 0.0277 e. The first-order valence-electron chi connectivity index (χ1n) is 5.23. The van der Waals surface area contributed by atoms with Gasteiger partial charge in [-0.15, -0.1) is 11.8 Å². The zero-order chi connectivity index (χ0) is 10.4. The van der Waals surface area contributed by atoms with Crippen molar-refractivity contribution >= 4 is 11.8 Å². The molecular weight excluding hydrogens is 190 g/mol. The van der Waals surface area contributed by atoms with Gasteiger partial charge in [-0.3, -0.25) is 0 Å². The Morgan fingerprint density at radius 3 is 2.71 bits per heavy atom. The molecule has 0 heterocycles. The van der Waals surface area contributed by atoms with Gasteiger partial charge in [0.1, 0.15) is 0 Å². The Morgan fingerprint density at radius 2 is 2.07 bits per heavy atom. The molecule has 0 amide bonds. The molecule has 0 saturated carbocycles. The molecule has 0 aliphatic heterocycles. The van der Waals surface area contributed by atoms with Crippen LogP contribution >= 0.6 is 11.8 Å². The highest BCUT2D eigenvalue weighted by atomic mass is 32.2. The van der Waals surface area contributed by atoms with E-state index < -0.39 is 0 Å². The van der Waals surface area contributed by atoms with Crippen molar-refractivity contribution in [3.8, 4) is 0 Å². The molecule has 1 aromatic carbocycles. The third kappa shape index (κ3) is 3.35. The summed E-state index contributed by atoms with van der Waals surface area (Å²) in [6.45, 7) is 4.26. The van der Waals surface area contributed by atoms with E-state index >= 15 is 0 Å². The average molecular weight is 209 g/mol. The molecule has 0 aliphatic carbocycles. The molecule has 0 aromatic heterocycles. The molecule has 1 atom stereocenters. The predicted molar refractivity (Wildman–Crippen MR) is 64.7 cm³/mol. The first-order chi connectivity index (χ1) is 6.75. The summed E-state index contributed by atoms with van der Waals surface area (Å²) < 4.78 is 0. The van der Waals surface area contributed by atoms with E-state index in [1.807, 2.05) is 18.7 Å². The topological polar surface area (TPSA) is 26.0 Å². The summed E-state index contributed by atoms with van der Waals surface area (Å²) in [5.74, 6) is 1.19. The van der Waals surface area contributed by atoms with Gasteiger partial charge >= 0.3 is 0 Å². The zero-order valence-corrected chi connectivity index (χ0v) is 9.81. The first-order valence-corrected chi connectivity index (χ1v) is 6.21. The van der Waals surface area contributed by atoms with Crippen molar-refractivity contribution in [2.75, 3.05) is 5.75 Å². The summed E-state index contributed by atoms with van der Waals surface area (Å²) in [7, 11) is 0. The van der Waals surface area contributed by atoms with Crippen molar-refractivity contribution in [1.29, 1.82) is 0 Å². The second kappa shape index (κ2) is 6.10. The van der Waals surface area contributed by atoms with Crippen LogP contribution in [-0.2, 0) is 0 Å². The molecule has 0 bridgehead atoms. The van der Waals surface area contributed by atoms with Gasteiger partial charge in [0, 0.05) is 10.9 Å². The second-order valence-electron chi connectivity index (χ2n) is 3.53. The molecule has 78 valence electrons. The van der Waals surface area contributed by atoms with Gasteiger partial charge in [-0.25, -0.2) is 0 Å². The van der Waals surface area contributed by atoms with Gasteiger partial charge in [-0.05, 0) is 30.7 Å². The molecule has 0 radical (unpaired) electrons. The van der Waals surface area contributed by atoms with Gasteiger partial charge in [-0.1, -0.05) is 31.5 Å². The Morgan fingerprint density at radius 1 is 1.36 bits per heavy atom. The van der Waals surface area contributed by atoms with Gasteiger partial charge in [0.15, 0.2) is 0 Å². The molecule has 1 aromatic rings. The molecule has 1 nitrogen and oxygen atoms in total. The van der Waals surface area contributed by atoms with Crippen LogP contribution in [0, 0.1) is 0 Å². The van der Waals surface area contributed by atoms with Crippen LogP contribution in [0.3, 0.4) is 0 Å². The molecule has 1 rings (SSSR count). The molecule has 2 N–H and O–H groups in total. The van der Waals surface area contributed by atoms with Gasteiger partial charge in [-0.2, -0.15) is 0 Å². The van der Waals surface area contributed by atoms with Crippen molar-refractivity contribution in [2.24, 2.45) is 5.73 Å². The number of hydrogen-bond donors (Lipinski definition) is 1. The molecule has 0 aliphatic rings. The number of hydrogen-bond acceptors (Lipinski definition) is 2. The summed E-state index contributed by atoms with van der Waals surface area (Å²) in [4.78, 5) is 1.34. The number of thioether (sulfide) groups is 1. The molecule has 0 unspecified atom stereocenters. The molecule has 2 heteroatoms. The van der Waals surface area contributed by atoms with Crippen LogP contribution in [0.25, 0.3) is 0 Å². The van der Waals surface area contributed by atoms with Gasteiger partial charge in [0.2, 0.25) is 0 Å². The Labute approximate surface area is 91.1 Å². The zero-order valence-electron chi connectivity index (χ0n) is 8.99. The minimum atomic E-state index is 0.139. The van der Waals surface area contributed by atoms with E-state index in [4.69, 9.17) is 5.73 Å². The largest absolute Gasteiger partial charge is 0.324 e. The third-order valence-corrected chi connectivity index (χ3v) is 3.34. The van der Waals surface area contributed by atoms with Gasteiger partial charge in [0.25, 0.3) is 0 Å². The number of unbranched alkanes of at least 4 members (excludes halogenated alkanes) is 1.